The highest BCUT2D eigenvalue weighted by molar-refractivity contribution is 8.27. The number of hydrogen-bond acceptors (Lipinski definition) is 6. The Bertz CT molecular complexity index is 879. The van der Waals surface area contributed by atoms with E-state index in [2.05, 4.69) is 0 Å². The second-order valence-corrected chi connectivity index (χ2v) is 6.80. The van der Waals surface area contributed by atoms with Gasteiger partial charge in [0, 0.05) is 0 Å². The van der Waals surface area contributed by atoms with Gasteiger partial charge in [-0.3, -0.25) is 9.69 Å². The Kier molecular flexibility index (Phi) is 4.96. The Morgan fingerprint density at radius 3 is 2.56 bits per heavy atom. The first kappa shape index (κ1) is 17.3. The zero-order valence-electron chi connectivity index (χ0n) is 13.6. The number of phenols is 1. The number of rotatable bonds is 4. The Labute approximate surface area is 154 Å². The van der Waals surface area contributed by atoms with Gasteiger partial charge in [0.05, 0.1) is 24.8 Å². The number of carbonyl (C=O) groups is 1. The van der Waals surface area contributed by atoms with Crippen LogP contribution in [-0.4, -0.2) is 29.6 Å². The van der Waals surface area contributed by atoms with Crippen LogP contribution in [-0.2, 0) is 4.79 Å². The summed E-state index contributed by atoms with van der Waals surface area (Å²) in [5, 5.41) is 9.68. The maximum absolute atomic E-state index is 12.8. The van der Waals surface area contributed by atoms with Crippen LogP contribution in [0.4, 0.5) is 5.69 Å². The summed E-state index contributed by atoms with van der Waals surface area (Å²) in [6, 6.07) is 12.1. The number of phenolic OH excluding ortho intramolecular Hbond substituents is 1. The number of anilines is 1. The standard InChI is InChI=1S/C18H15NO4S2/c1-22-14-6-4-3-5-12(14)19-17(21)16(25-18(19)24)10-11-7-8-13(20)15(9-11)23-2/h3-10,20H,1-2H3. The van der Waals surface area contributed by atoms with Gasteiger partial charge in [-0.15, -0.1) is 0 Å². The summed E-state index contributed by atoms with van der Waals surface area (Å²) in [6.45, 7) is 0. The van der Waals surface area contributed by atoms with Crippen molar-refractivity contribution in [2.45, 2.75) is 0 Å². The third-order valence-corrected chi connectivity index (χ3v) is 4.92. The van der Waals surface area contributed by atoms with E-state index in [0.29, 0.717) is 26.4 Å². The van der Waals surface area contributed by atoms with E-state index < -0.39 is 0 Å². The summed E-state index contributed by atoms with van der Waals surface area (Å²) in [5.74, 6) is 0.744. The SMILES string of the molecule is COc1cc(C=C2SC(=S)N(c3ccccc3OC)C2=O)ccc1O. The number of thiocarbonyl (C=S) groups is 1. The number of methoxy groups -OCH3 is 2. The van der Waals surface area contributed by atoms with Crippen LogP contribution in [0.1, 0.15) is 5.56 Å². The fourth-order valence-electron chi connectivity index (χ4n) is 2.43. The van der Waals surface area contributed by atoms with Crippen LogP contribution in [0.25, 0.3) is 6.08 Å². The van der Waals surface area contributed by atoms with E-state index in [1.54, 1.807) is 37.5 Å². The lowest BCUT2D eigenvalue weighted by atomic mass is 10.2. The summed E-state index contributed by atoms with van der Waals surface area (Å²) in [6.07, 6.45) is 1.72. The summed E-state index contributed by atoms with van der Waals surface area (Å²) >= 11 is 6.60. The zero-order chi connectivity index (χ0) is 18.0. The second kappa shape index (κ2) is 7.16. The fourth-order valence-corrected chi connectivity index (χ4v) is 3.71. The van der Waals surface area contributed by atoms with Gasteiger partial charge in [0.15, 0.2) is 15.8 Å². The van der Waals surface area contributed by atoms with Gasteiger partial charge in [-0.1, -0.05) is 42.2 Å². The number of carbonyl (C=O) groups excluding carboxylic acids is 1. The van der Waals surface area contributed by atoms with Crippen molar-refractivity contribution in [2.24, 2.45) is 0 Å². The molecule has 1 heterocycles. The maximum atomic E-state index is 12.8. The highest BCUT2D eigenvalue weighted by Crippen LogP contribution is 2.40. The normalized spacial score (nSPS) is 15.8. The van der Waals surface area contributed by atoms with Gasteiger partial charge < -0.3 is 14.6 Å². The molecular formula is C18H15NO4S2. The van der Waals surface area contributed by atoms with Gasteiger partial charge in [0.25, 0.3) is 5.91 Å². The van der Waals surface area contributed by atoms with Crippen molar-refractivity contribution in [1.29, 1.82) is 0 Å². The van der Waals surface area contributed by atoms with Crippen LogP contribution in [0.2, 0.25) is 0 Å². The van der Waals surface area contributed by atoms with Crippen molar-refractivity contribution in [3.05, 3.63) is 52.9 Å². The molecule has 128 valence electrons. The highest BCUT2D eigenvalue weighted by Gasteiger charge is 2.34. The predicted molar refractivity (Wildman–Crippen MR) is 103 cm³/mol. The van der Waals surface area contributed by atoms with E-state index in [1.165, 1.54) is 29.8 Å². The molecule has 1 N–H and O–H groups in total. The minimum Gasteiger partial charge on any atom is -0.504 e. The number of para-hydroxylation sites is 2. The summed E-state index contributed by atoms with van der Waals surface area (Å²) < 4.78 is 10.9. The molecule has 7 heteroatoms. The predicted octanol–water partition coefficient (Wildman–Crippen LogP) is 3.82. The summed E-state index contributed by atoms with van der Waals surface area (Å²) in [5.41, 5.74) is 1.34. The minimum atomic E-state index is -0.216. The van der Waals surface area contributed by atoms with Crippen molar-refractivity contribution in [2.75, 3.05) is 19.1 Å². The molecule has 0 bridgehead atoms. The highest BCUT2D eigenvalue weighted by atomic mass is 32.2. The van der Waals surface area contributed by atoms with Crippen LogP contribution in [0.15, 0.2) is 47.4 Å². The Morgan fingerprint density at radius 2 is 1.84 bits per heavy atom. The van der Waals surface area contributed by atoms with Crippen LogP contribution in [0.3, 0.4) is 0 Å². The smallest absolute Gasteiger partial charge is 0.270 e. The van der Waals surface area contributed by atoms with Crippen molar-refractivity contribution >= 4 is 46.0 Å². The lowest BCUT2D eigenvalue weighted by Gasteiger charge is -2.17. The lowest BCUT2D eigenvalue weighted by Crippen LogP contribution is -2.27. The molecule has 0 atom stereocenters. The molecule has 3 rings (SSSR count). The molecule has 0 unspecified atom stereocenters. The van der Waals surface area contributed by atoms with Crippen molar-refractivity contribution in [3.8, 4) is 17.2 Å². The average Bonchev–Trinajstić information content (AvgIpc) is 2.90. The number of nitrogens with zero attached hydrogens (tertiary/aromatic N) is 1. The average molecular weight is 373 g/mol. The van der Waals surface area contributed by atoms with E-state index in [9.17, 15) is 9.90 Å². The second-order valence-electron chi connectivity index (χ2n) is 5.12. The van der Waals surface area contributed by atoms with Crippen LogP contribution < -0.4 is 14.4 Å². The number of ether oxygens (including phenoxy) is 2. The number of hydrogen-bond donors (Lipinski definition) is 1. The topological polar surface area (TPSA) is 59.0 Å². The van der Waals surface area contributed by atoms with Gasteiger partial charge in [0.1, 0.15) is 5.75 Å². The molecule has 0 saturated carbocycles. The van der Waals surface area contributed by atoms with E-state index in [0.717, 1.165) is 5.56 Å². The molecular weight excluding hydrogens is 358 g/mol. The van der Waals surface area contributed by atoms with Gasteiger partial charge in [0.2, 0.25) is 0 Å². The van der Waals surface area contributed by atoms with Gasteiger partial charge in [-0.25, -0.2) is 0 Å². The van der Waals surface area contributed by atoms with E-state index in [-0.39, 0.29) is 11.7 Å². The first-order valence-corrected chi connectivity index (χ1v) is 8.55. The third-order valence-electron chi connectivity index (χ3n) is 3.62. The Morgan fingerprint density at radius 1 is 1.12 bits per heavy atom. The van der Waals surface area contributed by atoms with Crippen molar-refractivity contribution < 1.29 is 19.4 Å². The summed E-state index contributed by atoms with van der Waals surface area (Å²) in [7, 11) is 3.02. The molecule has 1 aliphatic heterocycles. The van der Waals surface area contributed by atoms with E-state index >= 15 is 0 Å². The Balaban J connectivity index is 1.96. The molecule has 25 heavy (non-hydrogen) atoms. The number of amides is 1. The molecule has 2 aromatic carbocycles. The molecule has 2 aromatic rings. The largest absolute Gasteiger partial charge is 0.504 e. The molecule has 1 aliphatic rings. The molecule has 1 fully saturated rings. The first-order chi connectivity index (χ1) is 12.0. The fraction of sp³-hybridized carbons (Fsp3) is 0.111. The molecule has 1 saturated heterocycles. The van der Waals surface area contributed by atoms with Gasteiger partial charge in [-0.2, -0.15) is 0 Å². The molecule has 0 aromatic heterocycles. The van der Waals surface area contributed by atoms with Crippen LogP contribution in [0, 0.1) is 0 Å². The maximum Gasteiger partial charge on any atom is 0.270 e. The van der Waals surface area contributed by atoms with Gasteiger partial charge >= 0.3 is 0 Å². The van der Waals surface area contributed by atoms with E-state index in [4.69, 9.17) is 21.7 Å². The van der Waals surface area contributed by atoms with Crippen molar-refractivity contribution in [1.82, 2.24) is 0 Å². The number of benzene rings is 2. The molecule has 0 aliphatic carbocycles. The van der Waals surface area contributed by atoms with Crippen LogP contribution >= 0.6 is 24.0 Å². The molecule has 5 nitrogen and oxygen atoms in total. The Hall–Kier alpha value is -2.51. The third kappa shape index (κ3) is 3.33. The monoisotopic (exact) mass is 373 g/mol. The number of aromatic hydroxyl groups is 1. The molecule has 1 amide bonds. The quantitative estimate of drug-likeness (QED) is 0.650. The number of thioether (sulfide) groups is 1. The van der Waals surface area contributed by atoms with E-state index in [1.807, 2.05) is 12.1 Å². The van der Waals surface area contributed by atoms with Crippen molar-refractivity contribution in [3.63, 3.8) is 0 Å². The lowest BCUT2D eigenvalue weighted by molar-refractivity contribution is -0.113. The molecule has 0 spiro atoms. The first-order valence-electron chi connectivity index (χ1n) is 7.33. The van der Waals surface area contributed by atoms with Gasteiger partial charge in [-0.05, 0) is 35.9 Å². The zero-order valence-corrected chi connectivity index (χ0v) is 15.2. The van der Waals surface area contributed by atoms with Crippen LogP contribution in [0.5, 0.6) is 17.2 Å². The minimum absolute atomic E-state index is 0.0428. The molecule has 0 radical (unpaired) electrons. The summed E-state index contributed by atoms with van der Waals surface area (Å²) in [4.78, 5) is 14.8.